The lowest BCUT2D eigenvalue weighted by atomic mass is 10.2. The van der Waals surface area contributed by atoms with Gasteiger partial charge >= 0.3 is 0 Å². The van der Waals surface area contributed by atoms with E-state index in [1.807, 2.05) is 17.7 Å². The Morgan fingerprint density at radius 3 is 2.71 bits per heavy atom. The van der Waals surface area contributed by atoms with Gasteiger partial charge in [-0.25, -0.2) is 0 Å². The first kappa shape index (κ1) is 15.4. The minimum absolute atomic E-state index is 0.180. The summed E-state index contributed by atoms with van der Waals surface area (Å²) in [6.07, 6.45) is 1.02. The van der Waals surface area contributed by atoms with Crippen molar-refractivity contribution < 1.29 is 9.84 Å². The largest absolute Gasteiger partial charge is 0.504 e. The quantitative estimate of drug-likeness (QED) is 0.768. The Balaban J connectivity index is 1.72. The molecule has 0 atom stereocenters. The number of aromatic hydroxyl groups is 1. The number of nitrogens with zero attached hydrogens (tertiary/aromatic N) is 2. The minimum Gasteiger partial charge on any atom is -0.504 e. The van der Waals surface area contributed by atoms with Gasteiger partial charge in [-0.2, -0.15) is 5.10 Å². The molecule has 0 unspecified atom stereocenters. The van der Waals surface area contributed by atoms with Gasteiger partial charge in [0.05, 0.1) is 12.8 Å². The van der Waals surface area contributed by atoms with E-state index in [4.69, 9.17) is 4.74 Å². The van der Waals surface area contributed by atoms with E-state index in [9.17, 15) is 5.11 Å². The molecule has 0 aliphatic rings. The number of aromatic nitrogens is 2. The van der Waals surface area contributed by atoms with E-state index in [0.717, 1.165) is 37.3 Å². The Morgan fingerprint density at radius 1 is 1.29 bits per heavy atom. The Bertz CT molecular complexity index is 593. The van der Waals surface area contributed by atoms with Gasteiger partial charge in [0.2, 0.25) is 0 Å². The number of benzene rings is 1. The van der Waals surface area contributed by atoms with Gasteiger partial charge in [-0.1, -0.05) is 6.07 Å². The average Bonchev–Trinajstić information content (AvgIpc) is 2.77. The Labute approximate surface area is 125 Å². The molecule has 0 saturated heterocycles. The summed E-state index contributed by atoms with van der Waals surface area (Å²) in [6.45, 7) is 6.64. The van der Waals surface area contributed by atoms with Crippen molar-refractivity contribution in [2.24, 2.45) is 0 Å². The van der Waals surface area contributed by atoms with Crippen molar-refractivity contribution in [1.82, 2.24) is 15.1 Å². The van der Waals surface area contributed by atoms with Crippen molar-refractivity contribution in [2.45, 2.75) is 33.4 Å². The maximum atomic E-state index is 9.71. The number of aryl methyl sites for hydroxylation is 3. The maximum Gasteiger partial charge on any atom is 0.160 e. The predicted molar refractivity (Wildman–Crippen MR) is 82.7 cm³/mol. The molecule has 2 aromatic rings. The predicted octanol–water partition coefficient (Wildman–Crippen LogP) is 2.39. The van der Waals surface area contributed by atoms with Crippen molar-refractivity contribution in [2.75, 3.05) is 13.7 Å². The highest BCUT2D eigenvalue weighted by Gasteiger charge is 2.03. The molecule has 5 nitrogen and oxygen atoms in total. The van der Waals surface area contributed by atoms with Crippen molar-refractivity contribution in [3.63, 3.8) is 0 Å². The second kappa shape index (κ2) is 7.13. The van der Waals surface area contributed by atoms with Crippen molar-refractivity contribution in [1.29, 1.82) is 0 Å². The number of nitrogens with one attached hydrogen (secondary N) is 1. The lowest BCUT2D eigenvalue weighted by Gasteiger charge is -2.08. The summed E-state index contributed by atoms with van der Waals surface area (Å²) in [5.74, 6) is 0.683. The molecule has 21 heavy (non-hydrogen) atoms. The number of ether oxygens (including phenoxy) is 1. The van der Waals surface area contributed by atoms with E-state index in [1.54, 1.807) is 19.2 Å². The van der Waals surface area contributed by atoms with E-state index >= 15 is 0 Å². The molecular weight excluding hydrogens is 266 g/mol. The molecule has 114 valence electrons. The van der Waals surface area contributed by atoms with Gasteiger partial charge < -0.3 is 15.2 Å². The SMILES string of the molecule is COc1ccc(CNCCCn2nc(C)cc2C)cc1O. The topological polar surface area (TPSA) is 59.3 Å². The van der Waals surface area contributed by atoms with Crippen LogP contribution in [0.4, 0.5) is 0 Å². The third-order valence-corrected chi connectivity index (χ3v) is 3.40. The summed E-state index contributed by atoms with van der Waals surface area (Å²) in [6, 6.07) is 7.55. The summed E-state index contributed by atoms with van der Waals surface area (Å²) >= 11 is 0. The molecule has 0 saturated carbocycles. The number of hydrogen-bond donors (Lipinski definition) is 2. The van der Waals surface area contributed by atoms with Crippen LogP contribution >= 0.6 is 0 Å². The smallest absolute Gasteiger partial charge is 0.160 e. The van der Waals surface area contributed by atoms with Crippen LogP contribution in [-0.4, -0.2) is 28.5 Å². The fraction of sp³-hybridized carbons (Fsp3) is 0.438. The van der Waals surface area contributed by atoms with E-state index in [0.29, 0.717) is 5.75 Å². The van der Waals surface area contributed by atoms with Crippen LogP contribution in [0.25, 0.3) is 0 Å². The zero-order valence-corrected chi connectivity index (χ0v) is 12.9. The van der Waals surface area contributed by atoms with Crippen molar-refractivity contribution in [3.05, 3.63) is 41.2 Å². The zero-order valence-electron chi connectivity index (χ0n) is 12.9. The fourth-order valence-corrected chi connectivity index (χ4v) is 2.33. The van der Waals surface area contributed by atoms with Gasteiger partial charge in [0, 0.05) is 18.8 Å². The van der Waals surface area contributed by atoms with Gasteiger partial charge in [-0.15, -0.1) is 0 Å². The molecule has 0 aliphatic carbocycles. The Kier molecular flexibility index (Phi) is 5.22. The highest BCUT2D eigenvalue weighted by molar-refractivity contribution is 5.41. The summed E-state index contributed by atoms with van der Waals surface area (Å²) in [7, 11) is 1.55. The molecule has 1 heterocycles. The standard InChI is InChI=1S/C16H23N3O2/c1-12-9-13(2)19(18-12)8-4-7-17-11-14-5-6-16(21-3)15(20)10-14/h5-6,9-10,17,20H,4,7-8,11H2,1-3H3. The van der Waals surface area contributed by atoms with Crippen LogP contribution < -0.4 is 10.1 Å². The molecular formula is C16H23N3O2. The lowest BCUT2D eigenvalue weighted by Crippen LogP contribution is -2.17. The first-order valence-corrected chi connectivity index (χ1v) is 7.18. The zero-order chi connectivity index (χ0) is 15.2. The number of methoxy groups -OCH3 is 1. The van der Waals surface area contributed by atoms with Gasteiger partial charge in [0.25, 0.3) is 0 Å². The average molecular weight is 289 g/mol. The molecule has 0 aliphatic heterocycles. The number of hydrogen-bond acceptors (Lipinski definition) is 4. The second-order valence-electron chi connectivity index (χ2n) is 5.19. The summed E-state index contributed by atoms with van der Waals surface area (Å²) < 4.78 is 7.06. The third kappa shape index (κ3) is 4.23. The Hall–Kier alpha value is -2.01. The second-order valence-corrected chi connectivity index (χ2v) is 5.19. The van der Waals surface area contributed by atoms with Crippen LogP contribution in [0.5, 0.6) is 11.5 Å². The number of phenolic OH excluding ortho intramolecular Hbond substituents is 1. The van der Waals surface area contributed by atoms with Gasteiger partial charge in [0.15, 0.2) is 11.5 Å². The van der Waals surface area contributed by atoms with Crippen LogP contribution in [0.2, 0.25) is 0 Å². The van der Waals surface area contributed by atoms with Gasteiger partial charge in [0.1, 0.15) is 0 Å². The fourth-order valence-electron chi connectivity index (χ4n) is 2.33. The Morgan fingerprint density at radius 2 is 2.10 bits per heavy atom. The molecule has 0 bridgehead atoms. The summed E-state index contributed by atoms with van der Waals surface area (Å²) in [4.78, 5) is 0. The van der Waals surface area contributed by atoms with Crippen LogP contribution in [0.15, 0.2) is 24.3 Å². The minimum atomic E-state index is 0.180. The molecule has 2 rings (SSSR count). The maximum absolute atomic E-state index is 9.71. The highest BCUT2D eigenvalue weighted by atomic mass is 16.5. The van der Waals surface area contributed by atoms with E-state index in [-0.39, 0.29) is 5.75 Å². The monoisotopic (exact) mass is 289 g/mol. The summed E-state index contributed by atoms with van der Waals surface area (Å²) in [5.41, 5.74) is 3.31. The third-order valence-electron chi connectivity index (χ3n) is 3.40. The number of rotatable bonds is 7. The van der Waals surface area contributed by atoms with Crippen LogP contribution in [0.1, 0.15) is 23.4 Å². The molecule has 0 spiro atoms. The van der Waals surface area contributed by atoms with Gasteiger partial charge in [-0.3, -0.25) is 4.68 Å². The van der Waals surface area contributed by atoms with E-state index in [1.165, 1.54) is 5.69 Å². The normalized spacial score (nSPS) is 10.8. The van der Waals surface area contributed by atoms with Crippen LogP contribution in [0, 0.1) is 13.8 Å². The first-order valence-electron chi connectivity index (χ1n) is 7.18. The molecule has 0 amide bonds. The van der Waals surface area contributed by atoms with Gasteiger partial charge in [-0.05, 0) is 50.6 Å². The number of phenols is 1. The molecule has 1 aromatic heterocycles. The summed E-state index contributed by atoms with van der Waals surface area (Å²) in [5, 5.41) is 17.5. The van der Waals surface area contributed by atoms with Crippen LogP contribution in [0.3, 0.4) is 0 Å². The van der Waals surface area contributed by atoms with Crippen molar-refractivity contribution in [3.8, 4) is 11.5 Å². The first-order chi connectivity index (χ1) is 10.1. The molecule has 1 aromatic carbocycles. The molecule has 0 fully saturated rings. The van der Waals surface area contributed by atoms with E-state index in [2.05, 4.69) is 23.4 Å². The lowest BCUT2D eigenvalue weighted by molar-refractivity contribution is 0.373. The van der Waals surface area contributed by atoms with Crippen molar-refractivity contribution >= 4 is 0 Å². The molecule has 0 radical (unpaired) electrons. The highest BCUT2D eigenvalue weighted by Crippen LogP contribution is 2.25. The van der Waals surface area contributed by atoms with Crippen LogP contribution in [-0.2, 0) is 13.1 Å². The molecule has 5 heteroatoms. The molecule has 2 N–H and O–H groups in total. The van der Waals surface area contributed by atoms with E-state index < -0.39 is 0 Å².